The summed E-state index contributed by atoms with van der Waals surface area (Å²) in [5.74, 6) is 0.162. The van der Waals surface area contributed by atoms with E-state index in [9.17, 15) is 4.79 Å². The molecule has 0 unspecified atom stereocenters. The lowest BCUT2D eigenvalue weighted by Gasteiger charge is -2.42. The van der Waals surface area contributed by atoms with Crippen LogP contribution in [0, 0.1) is 5.41 Å². The van der Waals surface area contributed by atoms with Crippen molar-refractivity contribution in [3.63, 3.8) is 0 Å². The maximum Gasteiger partial charge on any atom is 0.259 e. The molecule has 158 valence electrons. The van der Waals surface area contributed by atoms with Crippen LogP contribution in [0.15, 0.2) is 49.1 Å². The summed E-state index contributed by atoms with van der Waals surface area (Å²) in [5.41, 5.74) is 8.41. The van der Waals surface area contributed by atoms with Crippen molar-refractivity contribution in [3.05, 3.63) is 60.2 Å². The van der Waals surface area contributed by atoms with Crippen molar-refractivity contribution in [1.82, 2.24) is 25.1 Å². The number of aromatic nitrogens is 4. The second-order valence-electron chi connectivity index (χ2n) is 8.07. The van der Waals surface area contributed by atoms with E-state index >= 15 is 0 Å². The molecule has 1 saturated carbocycles. The van der Waals surface area contributed by atoms with E-state index in [0.29, 0.717) is 18.8 Å². The molecule has 2 aliphatic rings. The summed E-state index contributed by atoms with van der Waals surface area (Å²) in [6, 6.07) is 8.19. The molecule has 2 aromatic heterocycles. The third kappa shape index (κ3) is 3.46. The van der Waals surface area contributed by atoms with Gasteiger partial charge in [-0.3, -0.25) is 14.9 Å². The Labute approximate surface area is 179 Å². The molecule has 9 heteroatoms. The maximum atomic E-state index is 12.7. The minimum atomic E-state index is -0.469. The van der Waals surface area contributed by atoms with Crippen LogP contribution in [-0.2, 0) is 10.2 Å². The highest BCUT2D eigenvalue weighted by atomic mass is 16.5. The molecule has 0 atom stereocenters. The molecular formula is C22H23N7O2. The van der Waals surface area contributed by atoms with Crippen LogP contribution in [0.3, 0.4) is 0 Å². The Hall–Kier alpha value is -3.59. The number of carbonyl (C=O) groups is 1. The van der Waals surface area contributed by atoms with Gasteiger partial charge < -0.3 is 15.8 Å². The monoisotopic (exact) mass is 417 g/mol. The molecule has 9 nitrogen and oxygen atoms in total. The molecule has 0 spiro atoms. The van der Waals surface area contributed by atoms with Gasteiger partial charge in [-0.2, -0.15) is 5.10 Å². The highest BCUT2D eigenvalue weighted by Crippen LogP contribution is 2.44. The lowest BCUT2D eigenvalue weighted by Crippen LogP contribution is -2.50. The number of hydrogen-bond acceptors (Lipinski definition) is 7. The van der Waals surface area contributed by atoms with Crippen LogP contribution in [0.2, 0.25) is 0 Å². The lowest BCUT2D eigenvalue weighted by molar-refractivity contribution is -0.0286. The van der Waals surface area contributed by atoms with Gasteiger partial charge in [0.15, 0.2) is 0 Å². The number of nitrogen functional groups attached to an aromatic ring is 1. The Morgan fingerprint density at radius 2 is 1.84 bits per heavy atom. The molecule has 31 heavy (non-hydrogen) atoms. The topological polar surface area (TPSA) is 132 Å². The second kappa shape index (κ2) is 7.59. The first kappa shape index (κ1) is 19.4. The molecule has 1 amide bonds. The van der Waals surface area contributed by atoms with Gasteiger partial charge in [0, 0.05) is 24.2 Å². The zero-order chi connectivity index (χ0) is 21.4. The van der Waals surface area contributed by atoms with Crippen LogP contribution < -0.4 is 11.1 Å². The Bertz CT molecular complexity index is 1110. The number of ether oxygens (including phenoxy) is 1. The number of benzene rings is 1. The summed E-state index contributed by atoms with van der Waals surface area (Å²) < 4.78 is 6.92. The molecule has 1 saturated heterocycles. The first-order valence-corrected chi connectivity index (χ1v) is 10.3. The van der Waals surface area contributed by atoms with Gasteiger partial charge in [0.2, 0.25) is 5.95 Å². The van der Waals surface area contributed by atoms with Crippen LogP contribution >= 0.6 is 0 Å². The van der Waals surface area contributed by atoms with Crippen LogP contribution in [0.25, 0.3) is 11.1 Å². The van der Waals surface area contributed by atoms with E-state index in [0.717, 1.165) is 36.0 Å². The van der Waals surface area contributed by atoms with Crippen LogP contribution in [0.5, 0.6) is 0 Å². The number of anilines is 1. The molecule has 4 N–H and O–H groups in total. The zero-order valence-electron chi connectivity index (χ0n) is 16.9. The Morgan fingerprint density at radius 1 is 1.13 bits per heavy atom. The maximum absolute atomic E-state index is 12.7. The number of amides is 1. The third-order valence-corrected chi connectivity index (χ3v) is 6.23. The molecular weight excluding hydrogens is 394 g/mol. The van der Waals surface area contributed by atoms with E-state index in [1.54, 1.807) is 23.3 Å². The molecule has 3 aromatic rings. The summed E-state index contributed by atoms with van der Waals surface area (Å²) >= 11 is 0. The van der Waals surface area contributed by atoms with E-state index < -0.39 is 5.41 Å². The van der Waals surface area contributed by atoms with Crippen molar-refractivity contribution < 1.29 is 9.53 Å². The zero-order valence-corrected chi connectivity index (χ0v) is 16.9. The van der Waals surface area contributed by atoms with Crippen molar-refractivity contribution in [1.29, 1.82) is 5.41 Å². The fourth-order valence-electron chi connectivity index (χ4n) is 4.02. The average Bonchev–Trinajstić information content (AvgIpc) is 3.16. The summed E-state index contributed by atoms with van der Waals surface area (Å²) in [5, 5.41) is 15.7. The van der Waals surface area contributed by atoms with Gasteiger partial charge in [-0.1, -0.05) is 30.7 Å². The third-order valence-electron chi connectivity index (χ3n) is 6.23. The van der Waals surface area contributed by atoms with Gasteiger partial charge in [-0.15, -0.1) is 0 Å². The summed E-state index contributed by atoms with van der Waals surface area (Å²) in [6.45, 7) is 1.22. The van der Waals surface area contributed by atoms with E-state index in [1.165, 1.54) is 6.20 Å². The van der Waals surface area contributed by atoms with Crippen LogP contribution in [0.4, 0.5) is 5.95 Å². The smallest absolute Gasteiger partial charge is 0.259 e. The minimum Gasteiger partial charge on any atom is -0.377 e. The SMILES string of the molecule is N=C(NC(=O)c1cnn(C2COC2)c1)C1(c2ccc(-c3cnc(N)nc3)cc2)CCC1. The number of carbonyl (C=O) groups excluding carboxylic acids is 1. The normalized spacial score (nSPS) is 17.4. The molecule has 1 aromatic carbocycles. The standard InChI is InChI=1S/C22H23N7O2/c23-20(28-19(30)16-10-27-29(11-16)18-12-31-13-18)22(6-1-7-22)17-4-2-14(3-5-17)15-8-25-21(24)26-9-15/h2-5,8-11,18H,1,6-7,12-13H2,(H2,23,28,30)(H2,24,25,26). The molecule has 1 aliphatic heterocycles. The van der Waals surface area contributed by atoms with E-state index in [4.69, 9.17) is 15.9 Å². The molecule has 3 heterocycles. The van der Waals surface area contributed by atoms with Gasteiger partial charge in [0.1, 0.15) is 5.84 Å². The largest absolute Gasteiger partial charge is 0.377 e. The lowest BCUT2D eigenvalue weighted by atomic mass is 9.63. The fraction of sp³-hybridized carbons (Fsp3) is 0.318. The number of hydrogen-bond donors (Lipinski definition) is 3. The fourth-order valence-corrected chi connectivity index (χ4v) is 4.02. The second-order valence-corrected chi connectivity index (χ2v) is 8.07. The number of nitrogens with two attached hydrogens (primary N) is 1. The van der Waals surface area contributed by atoms with E-state index in [1.807, 2.05) is 24.3 Å². The van der Waals surface area contributed by atoms with Gasteiger partial charge in [-0.05, 0) is 24.0 Å². The first-order chi connectivity index (χ1) is 15.0. The van der Waals surface area contributed by atoms with Gasteiger partial charge >= 0.3 is 0 Å². The number of rotatable bonds is 5. The highest BCUT2D eigenvalue weighted by molar-refractivity contribution is 6.09. The highest BCUT2D eigenvalue weighted by Gasteiger charge is 2.43. The Balaban J connectivity index is 1.31. The van der Waals surface area contributed by atoms with Gasteiger partial charge in [0.05, 0.1) is 36.4 Å². The van der Waals surface area contributed by atoms with E-state index in [2.05, 4.69) is 20.4 Å². The van der Waals surface area contributed by atoms with Crippen molar-refractivity contribution in [2.24, 2.45) is 0 Å². The summed E-state index contributed by atoms with van der Waals surface area (Å²) in [6.07, 6.45) is 9.31. The average molecular weight is 417 g/mol. The predicted octanol–water partition coefficient (Wildman–Crippen LogP) is 2.32. The van der Waals surface area contributed by atoms with Crippen LogP contribution in [0.1, 0.15) is 41.2 Å². The van der Waals surface area contributed by atoms with Crippen molar-refractivity contribution in [3.8, 4) is 11.1 Å². The van der Waals surface area contributed by atoms with E-state index in [-0.39, 0.29) is 23.7 Å². The Kier molecular flexibility index (Phi) is 4.74. The van der Waals surface area contributed by atoms with Crippen molar-refractivity contribution in [2.75, 3.05) is 18.9 Å². The van der Waals surface area contributed by atoms with Gasteiger partial charge in [-0.25, -0.2) is 9.97 Å². The Morgan fingerprint density at radius 3 is 2.42 bits per heavy atom. The molecule has 2 fully saturated rings. The van der Waals surface area contributed by atoms with Gasteiger partial charge in [0.25, 0.3) is 5.91 Å². The number of nitrogens with zero attached hydrogens (tertiary/aromatic N) is 4. The quantitative estimate of drug-likeness (QED) is 0.431. The summed E-state index contributed by atoms with van der Waals surface area (Å²) in [7, 11) is 0. The first-order valence-electron chi connectivity index (χ1n) is 10.3. The molecule has 1 aliphatic carbocycles. The predicted molar refractivity (Wildman–Crippen MR) is 115 cm³/mol. The molecule has 5 rings (SSSR count). The van der Waals surface area contributed by atoms with Crippen LogP contribution in [-0.4, -0.2) is 44.7 Å². The summed E-state index contributed by atoms with van der Waals surface area (Å²) in [4.78, 5) is 20.8. The number of amidine groups is 1. The minimum absolute atomic E-state index is 0.184. The van der Waals surface area contributed by atoms with Crippen molar-refractivity contribution in [2.45, 2.75) is 30.7 Å². The van der Waals surface area contributed by atoms with Crippen molar-refractivity contribution >= 4 is 17.7 Å². The molecule has 0 bridgehead atoms. The molecule has 0 radical (unpaired) electrons. The number of nitrogens with one attached hydrogen (secondary N) is 2.